The van der Waals surface area contributed by atoms with Crippen LogP contribution in [-0.2, 0) is 4.79 Å². The summed E-state index contributed by atoms with van der Waals surface area (Å²) in [5.74, 6) is 0.583. The fourth-order valence-electron chi connectivity index (χ4n) is 2.45. The van der Waals surface area contributed by atoms with E-state index in [4.69, 9.17) is 0 Å². The van der Waals surface area contributed by atoms with E-state index in [1.54, 1.807) is 0 Å². The third-order valence-corrected chi connectivity index (χ3v) is 3.78. The predicted octanol–water partition coefficient (Wildman–Crippen LogP) is 4.39. The molecular formula is C18H27NO. The van der Waals surface area contributed by atoms with Gasteiger partial charge in [0.05, 0.1) is 0 Å². The van der Waals surface area contributed by atoms with Gasteiger partial charge in [0.1, 0.15) is 0 Å². The molecule has 1 atom stereocenters. The zero-order valence-corrected chi connectivity index (χ0v) is 12.8. The number of carbonyl (C=O) groups excluding carboxylic acids is 1. The van der Waals surface area contributed by atoms with Gasteiger partial charge in [-0.15, -0.1) is 0 Å². The summed E-state index contributed by atoms with van der Waals surface area (Å²) in [5, 5.41) is 0. The average molecular weight is 273 g/mol. The number of carbonyl (C=O) groups is 1. The van der Waals surface area contributed by atoms with Crippen molar-refractivity contribution in [3.05, 3.63) is 48.6 Å². The van der Waals surface area contributed by atoms with Crippen molar-refractivity contribution < 1.29 is 4.79 Å². The first-order chi connectivity index (χ1) is 9.72. The predicted molar refractivity (Wildman–Crippen MR) is 85.8 cm³/mol. The Kier molecular flexibility index (Phi) is 7.71. The maximum Gasteiger partial charge on any atom is 0.245 e. The number of nitrogens with zero attached hydrogens (tertiary/aromatic N) is 1. The van der Waals surface area contributed by atoms with E-state index in [-0.39, 0.29) is 5.91 Å². The SMILES string of the molecule is C=CC(=O)N(CCCC)CCC(CC)c1ccccc1. The van der Waals surface area contributed by atoms with Crippen LogP contribution in [0.5, 0.6) is 0 Å². The number of benzene rings is 1. The van der Waals surface area contributed by atoms with Crippen molar-refractivity contribution in [1.29, 1.82) is 0 Å². The number of unbranched alkanes of at least 4 members (excludes halogenated alkanes) is 1. The maximum absolute atomic E-state index is 11.9. The zero-order valence-electron chi connectivity index (χ0n) is 12.8. The highest BCUT2D eigenvalue weighted by Crippen LogP contribution is 2.23. The lowest BCUT2D eigenvalue weighted by Gasteiger charge is -2.24. The lowest BCUT2D eigenvalue weighted by atomic mass is 9.93. The van der Waals surface area contributed by atoms with E-state index in [0.717, 1.165) is 38.8 Å². The number of amides is 1. The van der Waals surface area contributed by atoms with Crippen LogP contribution in [0, 0.1) is 0 Å². The fraction of sp³-hybridized carbons (Fsp3) is 0.500. The normalized spacial score (nSPS) is 11.9. The van der Waals surface area contributed by atoms with E-state index in [1.807, 2.05) is 11.0 Å². The summed E-state index contributed by atoms with van der Waals surface area (Å²) in [6.07, 6.45) is 5.72. The van der Waals surface area contributed by atoms with Gasteiger partial charge >= 0.3 is 0 Å². The van der Waals surface area contributed by atoms with Gasteiger partial charge in [-0.25, -0.2) is 0 Å². The zero-order chi connectivity index (χ0) is 14.8. The van der Waals surface area contributed by atoms with E-state index in [0.29, 0.717) is 5.92 Å². The Morgan fingerprint density at radius 3 is 2.50 bits per heavy atom. The van der Waals surface area contributed by atoms with Crippen LogP contribution < -0.4 is 0 Å². The second-order valence-corrected chi connectivity index (χ2v) is 5.19. The minimum absolute atomic E-state index is 0.0568. The Labute approximate surface area is 123 Å². The average Bonchev–Trinajstić information content (AvgIpc) is 2.51. The Morgan fingerprint density at radius 2 is 1.95 bits per heavy atom. The monoisotopic (exact) mass is 273 g/mol. The van der Waals surface area contributed by atoms with E-state index >= 15 is 0 Å². The van der Waals surface area contributed by atoms with E-state index < -0.39 is 0 Å². The highest BCUT2D eigenvalue weighted by atomic mass is 16.2. The molecule has 1 amide bonds. The van der Waals surface area contributed by atoms with Crippen LogP contribution in [0.4, 0.5) is 0 Å². The standard InChI is InChI=1S/C18H27NO/c1-4-7-14-19(18(20)6-3)15-13-16(5-2)17-11-9-8-10-12-17/h6,8-12,16H,3-5,7,13-15H2,1-2H3. The molecule has 0 aliphatic carbocycles. The Balaban J connectivity index is 2.60. The summed E-state index contributed by atoms with van der Waals surface area (Å²) in [5.41, 5.74) is 1.37. The van der Waals surface area contributed by atoms with Gasteiger partial charge < -0.3 is 4.90 Å². The highest BCUT2D eigenvalue weighted by Gasteiger charge is 2.14. The molecular weight excluding hydrogens is 246 g/mol. The summed E-state index contributed by atoms with van der Waals surface area (Å²) < 4.78 is 0. The van der Waals surface area contributed by atoms with Crippen molar-refractivity contribution >= 4 is 5.91 Å². The van der Waals surface area contributed by atoms with E-state index in [9.17, 15) is 4.79 Å². The third-order valence-electron chi connectivity index (χ3n) is 3.78. The van der Waals surface area contributed by atoms with Gasteiger partial charge in [-0.1, -0.05) is 57.2 Å². The van der Waals surface area contributed by atoms with Crippen LogP contribution >= 0.6 is 0 Å². The molecule has 1 unspecified atom stereocenters. The lowest BCUT2D eigenvalue weighted by molar-refractivity contribution is -0.126. The molecule has 2 nitrogen and oxygen atoms in total. The molecule has 1 aromatic rings. The first-order valence-electron chi connectivity index (χ1n) is 7.69. The van der Waals surface area contributed by atoms with Gasteiger partial charge in [0, 0.05) is 13.1 Å². The molecule has 0 heterocycles. The van der Waals surface area contributed by atoms with Crippen molar-refractivity contribution in [3.8, 4) is 0 Å². The summed E-state index contributed by atoms with van der Waals surface area (Å²) >= 11 is 0. The van der Waals surface area contributed by atoms with Gasteiger partial charge in [-0.2, -0.15) is 0 Å². The summed E-state index contributed by atoms with van der Waals surface area (Å²) in [4.78, 5) is 13.8. The maximum atomic E-state index is 11.9. The van der Waals surface area contributed by atoms with Crippen molar-refractivity contribution in [2.24, 2.45) is 0 Å². The lowest BCUT2D eigenvalue weighted by Crippen LogP contribution is -2.32. The summed E-state index contributed by atoms with van der Waals surface area (Å²) in [7, 11) is 0. The van der Waals surface area contributed by atoms with E-state index in [1.165, 1.54) is 11.6 Å². The van der Waals surface area contributed by atoms with Crippen molar-refractivity contribution in [2.45, 2.75) is 45.4 Å². The molecule has 0 spiro atoms. The molecule has 1 rings (SSSR count). The van der Waals surface area contributed by atoms with Gasteiger partial charge in [-0.05, 0) is 36.8 Å². The van der Waals surface area contributed by atoms with Crippen molar-refractivity contribution in [2.75, 3.05) is 13.1 Å². The Bertz CT molecular complexity index is 399. The second kappa shape index (κ2) is 9.35. The van der Waals surface area contributed by atoms with Gasteiger partial charge in [0.2, 0.25) is 5.91 Å². The first kappa shape index (κ1) is 16.5. The van der Waals surface area contributed by atoms with Gasteiger partial charge in [0.15, 0.2) is 0 Å². The smallest absolute Gasteiger partial charge is 0.245 e. The van der Waals surface area contributed by atoms with Gasteiger partial charge in [0.25, 0.3) is 0 Å². The van der Waals surface area contributed by atoms with Crippen LogP contribution in [0.15, 0.2) is 43.0 Å². The molecule has 0 aliphatic heterocycles. The number of hydrogen-bond acceptors (Lipinski definition) is 1. The fourth-order valence-corrected chi connectivity index (χ4v) is 2.45. The quantitative estimate of drug-likeness (QED) is 0.611. The third kappa shape index (κ3) is 5.20. The molecule has 0 aliphatic rings. The molecule has 110 valence electrons. The molecule has 0 saturated carbocycles. The van der Waals surface area contributed by atoms with Crippen LogP contribution in [0.3, 0.4) is 0 Å². The molecule has 20 heavy (non-hydrogen) atoms. The van der Waals surface area contributed by atoms with Crippen LogP contribution in [0.2, 0.25) is 0 Å². The molecule has 0 bridgehead atoms. The first-order valence-corrected chi connectivity index (χ1v) is 7.69. The molecule has 2 heteroatoms. The van der Waals surface area contributed by atoms with Crippen LogP contribution in [0.1, 0.15) is 51.0 Å². The molecule has 0 aromatic heterocycles. The van der Waals surface area contributed by atoms with E-state index in [2.05, 4.69) is 44.7 Å². The number of hydrogen-bond donors (Lipinski definition) is 0. The molecule has 0 radical (unpaired) electrons. The molecule has 0 N–H and O–H groups in total. The second-order valence-electron chi connectivity index (χ2n) is 5.19. The summed E-state index contributed by atoms with van der Waals surface area (Å²) in [6.45, 7) is 9.62. The number of rotatable bonds is 9. The largest absolute Gasteiger partial charge is 0.339 e. The summed E-state index contributed by atoms with van der Waals surface area (Å²) in [6, 6.07) is 10.6. The Morgan fingerprint density at radius 1 is 1.25 bits per heavy atom. The van der Waals surface area contributed by atoms with Crippen LogP contribution in [-0.4, -0.2) is 23.9 Å². The minimum Gasteiger partial charge on any atom is -0.339 e. The topological polar surface area (TPSA) is 20.3 Å². The Hall–Kier alpha value is -1.57. The van der Waals surface area contributed by atoms with Crippen molar-refractivity contribution in [1.82, 2.24) is 4.90 Å². The van der Waals surface area contributed by atoms with Crippen LogP contribution in [0.25, 0.3) is 0 Å². The highest BCUT2D eigenvalue weighted by molar-refractivity contribution is 5.86. The van der Waals surface area contributed by atoms with Crippen molar-refractivity contribution in [3.63, 3.8) is 0 Å². The molecule has 0 fully saturated rings. The molecule has 0 saturated heterocycles. The minimum atomic E-state index is 0.0568. The van der Waals surface area contributed by atoms with Gasteiger partial charge in [-0.3, -0.25) is 4.79 Å². The molecule has 1 aromatic carbocycles.